The minimum atomic E-state index is -2.75. The van der Waals surface area contributed by atoms with Crippen LogP contribution in [0.5, 0.6) is 0 Å². The highest BCUT2D eigenvalue weighted by Gasteiger charge is 2.68. The maximum Gasteiger partial charge on any atom is 0.272 e. The molecule has 3 atom stereocenters. The molecule has 16 heteroatoms. The molecule has 0 aromatic carbocycles. The van der Waals surface area contributed by atoms with Crippen LogP contribution >= 0.6 is 15.9 Å². The van der Waals surface area contributed by atoms with Crippen molar-refractivity contribution in [3.05, 3.63) is 58.2 Å². The Morgan fingerprint density at radius 1 is 1.06 bits per heavy atom. The second-order valence-electron chi connectivity index (χ2n) is 12.7. The normalized spacial score (nSPS) is 23.0. The van der Waals surface area contributed by atoms with Crippen molar-refractivity contribution in [3.63, 3.8) is 0 Å². The van der Waals surface area contributed by atoms with Crippen LogP contribution in [0.25, 0.3) is 22.2 Å². The van der Waals surface area contributed by atoms with Gasteiger partial charge in [-0.15, -0.1) is 0 Å². The molecule has 47 heavy (non-hydrogen) atoms. The van der Waals surface area contributed by atoms with Crippen molar-refractivity contribution >= 4 is 50.2 Å². The van der Waals surface area contributed by atoms with Crippen LogP contribution < -0.4 is 5.32 Å². The molecule has 0 spiro atoms. The van der Waals surface area contributed by atoms with Gasteiger partial charge in [0.15, 0.2) is 11.6 Å². The van der Waals surface area contributed by atoms with E-state index in [2.05, 4.69) is 46.3 Å². The van der Waals surface area contributed by atoms with Crippen molar-refractivity contribution in [1.29, 1.82) is 0 Å². The maximum absolute atomic E-state index is 14.1. The third kappa shape index (κ3) is 5.66. The van der Waals surface area contributed by atoms with E-state index in [9.17, 15) is 27.6 Å². The molecule has 3 aliphatic rings. The largest absolute Gasteiger partial charge is 0.325 e. The van der Waals surface area contributed by atoms with Crippen molar-refractivity contribution in [3.8, 4) is 11.3 Å². The number of ketones is 1. The number of alkyl halides is 2. The first-order valence-electron chi connectivity index (χ1n) is 14.9. The quantitative estimate of drug-likeness (QED) is 0.213. The summed E-state index contributed by atoms with van der Waals surface area (Å²) in [6.45, 7) is 4.04. The molecule has 2 amide bonds. The number of nitrogens with one attached hydrogen (secondary N) is 1. The lowest BCUT2D eigenvalue weighted by Gasteiger charge is -2.40. The molecule has 0 bridgehead atoms. The van der Waals surface area contributed by atoms with Crippen LogP contribution in [0.3, 0.4) is 0 Å². The van der Waals surface area contributed by atoms with Crippen LogP contribution in [0, 0.1) is 25.1 Å². The molecule has 2 saturated heterocycles. The van der Waals surface area contributed by atoms with Crippen molar-refractivity contribution < 1.29 is 27.6 Å². The van der Waals surface area contributed by atoms with E-state index in [-0.39, 0.29) is 54.0 Å². The van der Waals surface area contributed by atoms with Gasteiger partial charge in [0.1, 0.15) is 34.5 Å². The minimum Gasteiger partial charge on any atom is -0.325 e. The van der Waals surface area contributed by atoms with Crippen LogP contribution in [0.15, 0.2) is 35.3 Å². The number of halogens is 4. The van der Waals surface area contributed by atoms with Crippen LogP contribution in [-0.4, -0.2) is 94.8 Å². The van der Waals surface area contributed by atoms with Crippen LogP contribution in [0.4, 0.5) is 19.0 Å². The van der Waals surface area contributed by atoms with Gasteiger partial charge in [-0.05, 0) is 60.3 Å². The Hall–Kier alpha value is -4.31. The summed E-state index contributed by atoms with van der Waals surface area (Å²) in [5.74, 6) is -3.86. The first-order chi connectivity index (χ1) is 22.2. The minimum absolute atomic E-state index is 0.0747. The fraction of sp³-hybridized carbons (Fsp3) is 0.419. The van der Waals surface area contributed by atoms with Gasteiger partial charge in [-0.1, -0.05) is 0 Å². The predicted octanol–water partition coefficient (Wildman–Crippen LogP) is 3.95. The van der Waals surface area contributed by atoms with E-state index in [0.29, 0.717) is 46.5 Å². The molecular formula is C31H29BrF3N9O3. The number of nitrogens with zero attached hydrogens (tertiary/aromatic N) is 8. The van der Waals surface area contributed by atoms with Crippen LogP contribution in [0.2, 0.25) is 0 Å². The second-order valence-corrected chi connectivity index (χ2v) is 13.4. The Morgan fingerprint density at radius 2 is 1.79 bits per heavy atom. The summed E-state index contributed by atoms with van der Waals surface area (Å²) in [5.41, 5.74) is 1.64. The van der Waals surface area contributed by atoms with E-state index in [4.69, 9.17) is 0 Å². The number of likely N-dealkylation sites (tertiary alicyclic amines) is 2. The summed E-state index contributed by atoms with van der Waals surface area (Å²) in [6, 6.07) is 1.64. The number of aromatic nitrogens is 6. The van der Waals surface area contributed by atoms with E-state index in [1.807, 2.05) is 0 Å². The fourth-order valence-electron chi connectivity index (χ4n) is 6.84. The lowest BCUT2D eigenvalue weighted by Crippen LogP contribution is -2.57. The van der Waals surface area contributed by atoms with Crippen LogP contribution in [0.1, 0.15) is 41.6 Å². The second kappa shape index (κ2) is 11.1. The van der Waals surface area contributed by atoms with E-state index >= 15 is 0 Å². The van der Waals surface area contributed by atoms with E-state index < -0.39 is 35.0 Å². The first kappa shape index (κ1) is 31.3. The molecule has 4 aromatic heterocycles. The lowest BCUT2D eigenvalue weighted by molar-refractivity contribution is -0.138. The third-order valence-electron chi connectivity index (χ3n) is 9.15. The Balaban J connectivity index is 1.18. The number of Topliss-reactive ketones (excluding diaryl/α,β-unsaturated/α-hetero) is 1. The Labute approximate surface area is 274 Å². The molecule has 7 rings (SSSR count). The zero-order chi connectivity index (χ0) is 33.4. The number of amides is 2. The molecule has 12 nitrogen and oxygen atoms in total. The molecule has 244 valence electrons. The van der Waals surface area contributed by atoms with Gasteiger partial charge in [-0.25, -0.2) is 28.1 Å². The van der Waals surface area contributed by atoms with Gasteiger partial charge in [0.25, 0.3) is 5.92 Å². The molecule has 0 radical (unpaired) electrons. The summed E-state index contributed by atoms with van der Waals surface area (Å²) in [7, 11) is 0. The summed E-state index contributed by atoms with van der Waals surface area (Å²) < 4.78 is 42.7. The molecule has 1 saturated carbocycles. The predicted molar refractivity (Wildman–Crippen MR) is 166 cm³/mol. The van der Waals surface area contributed by atoms with Gasteiger partial charge in [0, 0.05) is 48.3 Å². The maximum atomic E-state index is 14.1. The number of carbonyl (C=O) groups is 3. The van der Waals surface area contributed by atoms with Crippen LogP contribution in [-0.2, 0) is 16.1 Å². The molecule has 0 unspecified atom stereocenters. The molecule has 4 aromatic rings. The van der Waals surface area contributed by atoms with Crippen molar-refractivity contribution in [2.24, 2.45) is 5.41 Å². The van der Waals surface area contributed by atoms with Crippen molar-refractivity contribution in [1.82, 2.24) is 39.5 Å². The number of hydrogen-bond donors (Lipinski definition) is 1. The number of hydrogen-bond acceptors (Lipinski definition) is 9. The number of pyridine rings is 2. The average molecular weight is 713 g/mol. The van der Waals surface area contributed by atoms with E-state index in [1.165, 1.54) is 28.8 Å². The number of fused-ring (bicyclic) bond motifs is 2. The zero-order valence-electron chi connectivity index (χ0n) is 25.6. The fourth-order valence-corrected chi connectivity index (χ4v) is 7.13. The molecule has 2 aliphatic heterocycles. The third-order valence-corrected chi connectivity index (χ3v) is 9.71. The molecule has 3 fully saturated rings. The summed E-state index contributed by atoms with van der Waals surface area (Å²) >= 11 is 3.04. The number of rotatable bonds is 8. The van der Waals surface area contributed by atoms with E-state index in [0.717, 1.165) is 0 Å². The highest BCUT2D eigenvalue weighted by molar-refractivity contribution is 9.10. The van der Waals surface area contributed by atoms with Gasteiger partial charge in [0.05, 0.1) is 30.5 Å². The van der Waals surface area contributed by atoms with Gasteiger partial charge in [-0.3, -0.25) is 28.9 Å². The van der Waals surface area contributed by atoms with Crippen molar-refractivity contribution in [2.75, 3.05) is 25.0 Å². The van der Waals surface area contributed by atoms with Crippen molar-refractivity contribution in [2.45, 2.75) is 58.2 Å². The van der Waals surface area contributed by atoms with Gasteiger partial charge in [-0.2, -0.15) is 5.10 Å². The number of piperidine rings is 1. The highest BCUT2D eigenvalue weighted by atomic mass is 79.9. The smallest absolute Gasteiger partial charge is 0.272 e. The molecular weight excluding hydrogens is 683 g/mol. The standard InChI is InChI=1S/C31H29BrF3N9O3/c1-15-4-20(33)27(32)39-28(15)40-29(47)22-6-30(12-42-13-31(34,35)14-42)7-24(30)44(22)25(46)11-43-23-10-38-21(18-8-36-17(3)37-9-18)5-19(23)26(41-43)16(2)45/h4-5,8-10,22,24H,6-7,11-14H2,1-3H3,(H,39,40,47)/t22-,24+,30-/m0/s1. The zero-order valence-corrected chi connectivity index (χ0v) is 27.2. The lowest BCUT2D eigenvalue weighted by atomic mass is 9.96. The topological polar surface area (TPSA) is 139 Å². The summed E-state index contributed by atoms with van der Waals surface area (Å²) in [5, 5.41) is 7.69. The summed E-state index contributed by atoms with van der Waals surface area (Å²) in [4.78, 5) is 60.6. The number of carbonyl (C=O) groups excluding carboxylic acids is 3. The van der Waals surface area contributed by atoms with E-state index in [1.54, 1.807) is 37.2 Å². The first-order valence-corrected chi connectivity index (χ1v) is 15.7. The Kier molecular flexibility index (Phi) is 7.42. The Bertz CT molecular complexity index is 1960. The molecule has 6 heterocycles. The van der Waals surface area contributed by atoms with Gasteiger partial charge >= 0.3 is 0 Å². The SMILES string of the molecule is CC(=O)c1nn(CC(=O)N2[C@H](C(=O)Nc3nc(Br)c(F)cc3C)C[C@@]3(CN4CC(F)(F)C4)C[C@@H]23)c2cnc(-c3cnc(C)nc3)cc12. The summed E-state index contributed by atoms with van der Waals surface area (Å²) in [6.07, 6.45) is 5.60. The number of aryl methyl sites for hydroxylation is 2. The van der Waals surface area contributed by atoms with Gasteiger partial charge in [0.2, 0.25) is 11.8 Å². The van der Waals surface area contributed by atoms with Gasteiger partial charge < -0.3 is 10.2 Å². The molecule has 1 aliphatic carbocycles. The molecule has 1 N–H and O–H groups in total. The monoisotopic (exact) mass is 711 g/mol. The Morgan fingerprint density at radius 3 is 2.47 bits per heavy atom. The average Bonchev–Trinajstić information content (AvgIpc) is 3.40. The highest BCUT2D eigenvalue weighted by Crippen LogP contribution is 2.60. The number of anilines is 1.